The lowest BCUT2D eigenvalue weighted by Crippen LogP contribution is -2.12. The highest BCUT2D eigenvalue weighted by Crippen LogP contribution is 2.19. The summed E-state index contributed by atoms with van der Waals surface area (Å²) >= 11 is 0. The lowest BCUT2D eigenvalue weighted by molar-refractivity contribution is 0.601. The predicted octanol–water partition coefficient (Wildman–Crippen LogP) is 1.85. The second-order valence-electron chi connectivity index (χ2n) is 4.64. The van der Waals surface area contributed by atoms with Crippen LogP contribution in [-0.2, 0) is 30.0 Å². The van der Waals surface area contributed by atoms with Gasteiger partial charge in [0.15, 0.2) is 0 Å². The van der Waals surface area contributed by atoms with Crippen molar-refractivity contribution in [1.29, 1.82) is 0 Å². The normalized spacial score (nSPS) is 11.6. The molecule has 0 saturated heterocycles. The zero-order chi connectivity index (χ0) is 14.8. The van der Waals surface area contributed by atoms with E-state index in [-0.39, 0.29) is 4.90 Å². The number of nitrogens with two attached hydrogens (primary N) is 1. The molecule has 1 heterocycles. The maximum absolute atomic E-state index is 12.3. The molecule has 1 aromatic carbocycles. The second kappa shape index (κ2) is 5.68. The van der Waals surface area contributed by atoms with Gasteiger partial charge in [0.1, 0.15) is 4.90 Å². The lowest BCUT2D eigenvalue weighted by atomic mass is 10.1. The Kier molecular flexibility index (Phi) is 4.15. The Morgan fingerprint density at radius 2 is 2.05 bits per heavy atom. The predicted molar refractivity (Wildman–Crippen MR) is 79.9 cm³/mol. The van der Waals surface area contributed by atoms with E-state index in [9.17, 15) is 8.42 Å². The summed E-state index contributed by atoms with van der Waals surface area (Å²) in [4.78, 5) is 0.224. The summed E-state index contributed by atoms with van der Waals surface area (Å²) in [6.07, 6.45) is 2.42. The number of aromatic nitrogens is 1. The van der Waals surface area contributed by atoms with Crippen molar-refractivity contribution in [3.05, 3.63) is 47.8 Å². The molecule has 108 valence electrons. The SMILES string of the molecule is CCc1cccc(NS(=O)(=O)c2cc(CN)n(C)c2)c1. The number of rotatable bonds is 5. The summed E-state index contributed by atoms with van der Waals surface area (Å²) < 4.78 is 28.9. The number of nitrogens with zero attached hydrogens (tertiary/aromatic N) is 1. The van der Waals surface area contributed by atoms with E-state index in [1.54, 1.807) is 29.9 Å². The van der Waals surface area contributed by atoms with Crippen LogP contribution in [0, 0.1) is 0 Å². The number of hydrogen-bond acceptors (Lipinski definition) is 3. The van der Waals surface area contributed by atoms with Crippen LogP contribution in [0.2, 0.25) is 0 Å². The van der Waals surface area contributed by atoms with Crippen LogP contribution in [-0.4, -0.2) is 13.0 Å². The van der Waals surface area contributed by atoms with Gasteiger partial charge in [-0.2, -0.15) is 0 Å². The standard InChI is InChI=1S/C14H19N3O2S/c1-3-11-5-4-6-12(7-11)16-20(18,19)14-8-13(9-15)17(2)10-14/h4-8,10,16H,3,9,15H2,1-2H3. The van der Waals surface area contributed by atoms with E-state index in [0.717, 1.165) is 17.7 Å². The van der Waals surface area contributed by atoms with E-state index in [1.807, 2.05) is 25.1 Å². The molecule has 3 N–H and O–H groups in total. The third-order valence-electron chi connectivity index (χ3n) is 3.19. The molecule has 2 rings (SSSR count). The molecule has 5 nitrogen and oxygen atoms in total. The van der Waals surface area contributed by atoms with E-state index < -0.39 is 10.0 Å². The number of anilines is 1. The number of sulfonamides is 1. The molecule has 0 aliphatic heterocycles. The van der Waals surface area contributed by atoms with Crippen LogP contribution in [0.4, 0.5) is 5.69 Å². The maximum Gasteiger partial charge on any atom is 0.263 e. The van der Waals surface area contributed by atoms with E-state index in [0.29, 0.717) is 12.2 Å². The van der Waals surface area contributed by atoms with Gasteiger partial charge in [-0.15, -0.1) is 0 Å². The van der Waals surface area contributed by atoms with Crippen molar-refractivity contribution in [2.75, 3.05) is 4.72 Å². The molecule has 0 unspecified atom stereocenters. The van der Waals surface area contributed by atoms with Crippen LogP contribution >= 0.6 is 0 Å². The van der Waals surface area contributed by atoms with E-state index in [1.165, 1.54) is 0 Å². The number of benzene rings is 1. The molecule has 0 saturated carbocycles. The molecular weight excluding hydrogens is 274 g/mol. The molecule has 0 radical (unpaired) electrons. The highest BCUT2D eigenvalue weighted by atomic mass is 32.2. The van der Waals surface area contributed by atoms with Crippen LogP contribution < -0.4 is 10.5 Å². The zero-order valence-electron chi connectivity index (χ0n) is 11.6. The summed E-state index contributed by atoms with van der Waals surface area (Å²) in [5.74, 6) is 0. The molecule has 0 spiro atoms. The summed E-state index contributed by atoms with van der Waals surface area (Å²) in [6.45, 7) is 2.33. The monoisotopic (exact) mass is 293 g/mol. The Morgan fingerprint density at radius 1 is 1.30 bits per heavy atom. The zero-order valence-corrected chi connectivity index (χ0v) is 12.4. The van der Waals surface area contributed by atoms with Crippen LogP contribution in [0.5, 0.6) is 0 Å². The van der Waals surface area contributed by atoms with Gasteiger partial charge in [-0.25, -0.2) is 8.42 Å². The molecule has 0 aliphatic carbocycles. The number of nitrogens with one attached hydrogen (secondary N) is 1. The second-order valence-corrected chi connectivity index (χ2v) is 6.32. The molecule has 1 aromatic heterocycles. The van der Waals surface area contributed by atoms with Crippen molar-refractivity contribution < 1.29 is 8.42 Å². The van der Waals surface area contributed by atoms with Crippen LogP contribution in [0.25, 0.3) is 0 Å². The summed E-state index contributed by atoms with van der Waals surface area (Å²) in [5, 5.41) is 0. The number of aryl methyl sites for hydroxylation is 2. The van der Waals surface area contributed by atoms with Gasteiger partial charge in [-0.1, -0.05) is 19.1 Å². The van der Waals surface area contributed by atoms with Crippen molar-refractivity contribution in [3.8, 4) is 0 Å². The van der Waals surface area contributed by atoms with Crippen molar-refractivity contribution in [1.82, 2.24) is 4.57 Å². The molecule has 2 aromatic rings. The first-order chi connectivity index (χ1) is 9.46. The molecular formula is C14H19N3O2S. The first-order valence-corrected chi connectivity index (χ1v) is 7.91. The summed E-state index contributed by atoms with van der Waals surface area (Å²) in [7, 11) is -1.80. The maximum atomic E-state index is 12.3. The van der Waals surface area contributed by atoms with E-state index in [4.69, 9.17) is 5.73 Å². The van der Waals surface area contributed by atoms with Gasteiger partial charge < -0.3 is 10.3 Å². The van der Waals surface area contributed by atoms with Crippen molar-refractivity contribution in [2.45, 2.75) is 24.8 Å². The molecule has 0 atom stereocenters. The lowest BCUT2D eigenvalue weighted by Gasteiger charge is -2.07. The highest BCUT2D eigenvalue weighted by molar-refractivity contribution is 7.92. The summed E-state index contributed by atoms with van der Waals surface area (Å²) in [5.41, 5.74) is 7.99. The largest absolute Gasteiger partial charge is 0.352 e. The van der Waals surface area contributed by atoms with Gasteiger partial charge in [0, 0.05) is 31.2 Å². The Balaban J connectivity index is 2.30. The van der Waals surface area contributed by atoms with E-state index in [2.05, 4.69) is 4.72 Å². The molecule has 0 amide bonds. The molecule has 0 bridgehead atoms. The van der Waals surface area contributed by atoms with Gasteiger partial charge >= 0.3 is 0 Å². The Morgan fingerprint density at radius 3 is 2.65 bits per heavy atom. The average Bonchev–Trinajstić information content (AvgIpc) is 2.80. The fraction of sp³-hybridized carbons (Fsp3) is 0.286. The van der Waals surface area contributed by atoms with Crippen molar-refractivity contribution in [3.63, 3.8) is 0 Å². The minimum Gasteiger partial charge on any atom is -0.352 e. The molecule has 6 heteroatoms. The van der Waals surface area contributed by atoms with Crippen molar-refractivity contribution in [2.24, 2.45) is 12.8 Å². The van der Waals surface area contributed by atoms with Gasteiger partial charge in [0.05, 0.1) is 0 Å². The Labute approximate surface area is 119 Å². The topological polar surface area (TPSA) is 77.1 Å². The summed E-state index contributed by atoms with van der Waals surface area (Å²) in [6, 6.07) is 8.97. The smallest absolute Gasteiger partial charge is 0.263 e. The molecule has 0 fully saturated rings. The Bertz CT molecular complexity index is 705. The fourth-order valence-corrected chi connectivity index (χ4v) is 3.14. The van der Waals surface area contributed by atoms with Gasteiger partial charge in [0.2, 0.25) is 0 Å². The third kappa shape index (κ3) is 3.02. The highest BCUT2D eigenvalue weighted by Gasteiger charge is 2.17. The minimum atomic E-state index is -3.58. The van der Waals surface area contributed by atoms with Gasteiger partial charge in [-0.3, -0.25) is 4.72 Å². The third-order valence-corrected chi connectivity index (χ3v) is 4.54. The molecule has 20 heavy (non-hydrogen) atoms. The van der Waals surface area contributed by atoms with Crippen LogP contribution in [0.1, 0.15) is 18.2 Å². The minimum absolute atomic E-state index is 0.224. The van der Waals surface area contributed by atoms with Crippen LogP contribution in [0.3, 0.4) is 0 Å². The first-order valence-electron chi connectivity index (χ1n) is 6.43. The fourth-order valence-electron chi connectivity index (χ4n) is 2.00. The van der Waals surface area contributed by atoms with Gasteiger partial charge in [0.25, 0.3) is 10.0 Å². The molecule has 0 aliphatic rings. The van der Waals surface area contributed by atoms with Crippen molar-refractivity contribution >= 4 is 15.7 Å². The number of hydrogen-bond donors (Lipinski definition) is 2. The quantitative estimate of drug-likeness (QED) is 0.883. The van der Waals surface area contributed by atoms with E-state index >= 15 is 0 Å². The van der Waals surface area contributed by atoms with Crippen LogP contribution in [0.15, 0.2) is 41.4 Å². The van der Waals surface area contributed by atoms with Gasteiger partial charge in [-0.05, 0) is 30.2 Å². The Hall–Kier alpha value is -1.79. The average molecular weight is 293 g/mol. The first kappa shape index (κ1) is 14.6.